The largest absolute Gasteiger partial charge is 0.497 e. The Kier molecular flexibility index (Phi) is 4.49. The normalized spacial score (nSPS) is 17.8. The highest BCUT2D eigenvalue weighted by Crippen LogP contribution is 2.25. The second-order valence-corrected chi connectivity index (χ2v) is 5.46. The third kappa shape index (κ3) is 3.63. The minimum absolute atomic E-state index is 0.0650. The van der Waals surface area contributed by atoms with Crippen LogP contribution in [0, 0.1) is 5.41 Å². The van der Waals surface area contributed by atoms with E-state index in [4.69, 9.17) is 14.2 Å². The minimum atomic E-state index is -0.534. The number of ether oxygens (including phenoxy) is 3. The summed E-state index contributed by atoms with van der Waals surface area (Å²) in [5, 5.41) is 2.90. The summed E-state index contributed by atoms with van der Waals surface area (Å²) in [6.07, 6.45) is -0.534. The summed E-state index contributed by atoms with van der Waals surface area (Å²) < 4.78 is 15.8. The molecule has 0 aliphatic carbocycles. The molecule has 1 fully saturated rings. The average Bonchev–Trinajstić information content (AvgIpc) is 2.43. The van der Waals surface area contributed by atoms with Crippen molar-refractivity contribution in [1.29, 1.82) is 0 Å². The summed E-state index contributed by atoms with van der Waals surface area (Å²) in [5.74, 6) is 1.29. The molecule has 110 valence electrons. The van der Waals surface area contributed by atoms with Crippen molar-refractivity contribution in [2.75, 3.05) is 26.9 Å². The zero-order valence-corrected chi connectivity index (χ0v) is 12.1. The third-order valence-electron chi connectivity index (χ3n) is 3.33. The zero-order chi connectivity index (χ0) is 14.6. The van der Waals surface area contributed by atoms with E-state index in [0.29, 0.717) is 25.5 Å². The first-order chi connectivity index (χ1) is 9.52. The van der Waals surface area contributed by atoms with E-state index in [1.54, 1.807) is 38.3 Å². The molecule has 0 radical (unpaired) electrons. The lowest BCUT2D eigenvalue weighted by molar-refractivity contribution is -0.132. The third-order valence-corrected chi connectivity index (χ3v) is 3.33. The summed E-state index contributed by atoms with van der Waals surface area (Å²) in [6, 6.07) is 7.16. The van der Waals surface area contributed by atoms with E-state index in [0.717, 1.165) is 5.75 Å². The number of nitrogens with one attached hydrogen (secondary N) is 1. The van der Waals surface area contributed by atoms with Crippen LogP contribution in [0.1, 0.15) is 13.8 Å². The molecule has 1 aliphatic heterocycles. The van der Waals surface area contributed by atoms with Gasteiger partial charge in [-0.3, -0.25) is 4.79 Å². The van der Waals surface area contributed by atoms with Crippen LogP contribution < -0.4 is 14.8 Å². The number of carbonyl (C=O) groups is 1. The van der Waals surface area contributed by atoms with Gasteiger partial charge in [-0.05, 0) is 31.2 Å². The molecule has 1 saturated heterocycles. The fourth-order valence-electron chi connectivity index (χ4n) is 1.91. The van der Waals surface area contributed by atoms with Gasteiger partial charge in [0.2, 0.25) is 0 Å². The van der Waals surface area contributed by atoms with Gasteiger partial charge in [-0.15, -0.1) is 0 Å². The fourth-order valence-corrected chi connectivity index (χ4v) is 1.91. The molecule has 20 heavy (non-hydrogen) atoms. The zero-order valence-electron chi connectivity index (χ0n) is 12.1. The van der Waals surface area contributed by atoms with Crippen LogP contribution in [0.5, 0.6) is 11.5 Å². The van der Waals surface area contributed by atoms with Crippen molar-refractivity contribution in [3.05, 3.63) is 24.3 Å². The molecule has 1 aromatic carbocycles. The molecule has 1 N–H and O–H groups in total. The lowest BCUT2D eigenvalue weighted by atomic mass is 9.89. The fraction of sp³-hybridized carbons (Fsp3) is 0.533. The molecule has 0 spiro atoms. The van der Waals surface area contributed by atoms with E-state index in [1.165, 1.54) is 0 Å². The van der Waals surface area contributed by atoms with Gasteiger partial charge in [0.15, 0.2) is 6.10 Å². The Bertz CT molecular complexity index is 453. The summed E-state index contributed by atoms with van der Waals surface area (Å²) in [5.41, 5.74) is 0.0650. The number of benzene rings is 1. The lowest BCUT2D eigenvalue weighted by Crippen LogP contribution is -2.50. The summed E-state index contributed by atoms with van der Waals surface area (Å²) in [6.45, 7) is 5.83. The molecule has 0 aromatic heterocycles. The van der Waals surface area contributed by atoms with Crippen LogP contribution in [0.3, 0.4) is 0 Å². The van der Waals surface area contributed by atoms with Crippen molar-refractivity contribution in [3.63, 3.8) is 0 Å². The highest BCUT2D eigenvalue weighted by atomic mass is 16.5. The number of hydrogen-bond donors (Lipinski definition) is 1. The second-order valence-electron chi connectivity index (χ2n) is 5.46. The number of carbonyl (C=O) groups excluding carboxylic acids is 1. The van der Waals surface area contributed by atoms with Crippen LogP contribution in [-0.4, -0.2) is 38.9 Å². The topological polar surface area (TPSA) is 56.8 Å². The van der Waals surface area contributed by atoms with Crippen LogP contribution >= 0.6 is 0 Å². The Hall–Kier alpha value is -1.75. The predicted octanol–water partition coefficient (Wildman–Crippen LogP) is 1.62. The molecule has 5 nitrogen and oxygen atoms in total. The van der Waals surface area contributed by atoms with E-state index < -0.39 is 6.10 Å². The molecule has 2 rings (SSSR count). The van der Waals surface area contributed by atoms with Gasteiger partial charge in [-0.25, -0.2) is 0 Å². The second kappa shape index (κ2) is 6.13. The van der Waals surface area contributed by atoms with Crippen LogP contribution in [0.15, 0.2) is 24.3 Å². The average molecular weight is 279 g/mol. The first-order valence-electron chi connectivity index (χ1n) is 6.69. The molecular formula is C15H21NO4. The SMILES string of the molecule is COc1ccc(OC(C)C(=O)NCC2(C)COC2)cc1. The Labute approximate surface area is 119 Å². The highest BCUT2D eigenvalue weighted by molar-refractivity contribution is 5.80. The van der Waals surface area contributed by atoms with E-state index >= 15 is 0 Å². The summed E-state index contributed by atoms with van der Waals surface area (Å²) >= 11 is 0. The van der Waals surface area contributed by atoms with Crippen LogP contribution in [0.2, 0.25) is 0 Å². The van der Waals surface area contributed by atoms with Gasteiger partial charge in [0.25, 0.3) is 5.91 Å². The van der Waals surface area contributed by atoms with Crippen molar-refractivity contribution in [2.24, 2.45) is 5.41 Å². The molecule has 0 saturated carbocycles. The van der Waals surface area contributed by atoms with Crippen molar-refractivity contribution < 1.29 is 19.0 Å². The van der Waals surface area contributed by atoms with Crippen LogP contribution in [0.4, 0.5) is 0 Å². The van der Waals surface area contributed by atoms with Gasteiger partial charge < -0.3 is 19.5 Å². The Morgan fingerprint density at radius 2 is 1.95 bits per heavy atom. The first kappa shape index (κ1) is 14.7. The lowest BCUT2D eigenvalue weighted by Gasteiger charge is -2.38. The van der Waals surface area contributed by atoms with Gasteiger partial charge in [-0.1, -0.05) is 6.92 Å². The van der Waals surface area contributed by atoms with Gasteiger partial charge in [0, 0.05) is 12.0 Å². The van der Waals surface area contributed by atoms with Gasteiger partial charge in [0.05, 0.1) is 20.3 Å². The molecule has 1 unspecified atom stereocenters. The molecule has 1 heterocycles. The van der Waals surface area contributed by atoms with Crippen molar-refractivity contribution in [1.82, 2.24) is 5.32 Å². The Morgan fingerprint density at radius 3 is 2.45 bits per heavy atom. The maximum Gasteiger partial charge on any atom is 0.260 e. The van der Waals surface area contributed by atoms with Crippen molar-refractivity contribution in [2.45, 2.75) is 20.0 Å². The van der Waals surface area contributed by atoms with Crippen LogP contribution in [0.25, 0.3) is 0 Å². The Balaban J connectivity index is 1.80. The predicted molar refractivity (Wildman–Crippen MR) is 75.0 cm³/mol. The molecule has 1 aromatic rings. The molecule has 1 aliphatic rings. The van der Waals surface area contributed by atoms with E-state index in [2.05, 4.69) is 12.2 Å². The van der Waals surface area contributed by atoms with E-state index in [9.17, 15) is 4.79 Å². The monoisotopic (exact) mass is 279 g/mol. The molecule has 1 atom stereocenters. The van der Waals surface area contributed by atoms with Gasteiger partial charge in [-0.2, -0.15) is 0 Å². The van der Waals surface area contributed by atoms with Crippen molar-refractivity contribution in [3.8, 4) is 11.5 Å². The maximum absolute atomic E-state index is 12.0. The number of methoxy groups -OCH3 is 1. The van der Waals surface area contributed by atoms with E-state index in [1.807, 2.05) is 0 Å². The molecule has 0 bridgehead atoms. The van der Waals surface area contributed by atoms with Crippen molar-refractivity contribution >= 4 is 5.91 Å². The van der Waals surface area contributed by atoms with E-state index in [-0.39, 0.29) is 11.3 Å². The van der Waals surface area contributed by atoms with Gasteiger partial charge >= 0.3 is 0 Å². The van der Waals surface area contributed by atoms with Gasteiger partial charge in [0.1, 0.15) is 11.5 Å². The highest BCUT2D eigenvalue weighted by Gasteiger charge is 2.34. The number of rotatable bonds is 6. The van der Waals surface area contributed by atoms with Crippen LogP contribution in [-0.2, 0) is 9.53 Å². The maximum atomic E-state index is 12.0. The number of amides is 1. The quantitative estimate of drug-likeness (QED) is 0.859. The molecule has 1 amide bonds. The first-order valence-corrected chi connectivity index (χ1v) is 6.69. The smallest absolute Gasteiger partial charge is 0.260 e. The number of hydrogen-bond acceptors (Lipinski definition) is 4. The summed E-state index contributed by atoms with van der Waals surface area (Å²) in [4.78, 5) is 12.0. The summed E-state index contributed by atoms with van der Waals surface area (Å²) in [7, 11) is 1.61. The Morgan fingerprint density at radius 1 is 1.35 bits per heavy atom. The molecular weight excluding hydrogens is 258 g/mol. The standard InChI is InChI=1S/C15H21NO4/c1-11(14(17)16-8-15(2)9-19-10-15)20-13-6-4-12(18-3)5-7-13/h4-7,11H,8-10H2,1-3H3,(H,16,17). The minimum Gasteiger partial charge on any atom is -0.497 e. The molecule has 5 heteroatoms.